The Kier molecular flexibility index (Phi) is 10.6. The van der Waals surface area contributed by atoms with E-state index >= 15 is 0 Å². The largest absolute Gasteiger partial charge is 0.493 e. The lowest BCUT2D eigenvalue weighted by molar-refractivity contribution is 0.167. The lowest BCUT2D eigenvalue weighted by atomic mass is 10.0. The number of hydrogen-bond acceptors (Lipinski definition) is 3. The molecule has 0 atom stereocenters. The molecule has 0 spiro atoms. The van der Waals surface area contributed by atoms with Crippen LogP contribution in [0, 0.1) is 0 Å². The minimum absolute atomic E-state index is 0. The van der Waals surface area contributed by atoms with E-state index in [2.05, 4.69) is 34.4 Å². The Bertz CT molecular complexity index is 575. The first kappa shape index (κ1) is 23.3. The molecule has 0 aliphatic carbocycles. The molecule has 1 aromatic carbocycles. The van der Waals surface area contributed by atoms with Crippen molar-refractivity contribution in [3.05, 3.63) is 28.8 Å². The van der Waals surface area contributed by atoms with Crippen molar-refractivity contribution in [1.82, 2.24) is 15.5 Å². The molecule has 1 aromatic rings. The molecule has 0 aromatic heterocycles. The normalized spacial score (nSPS) is 16.3. The molecule has 0 amide bonds. The third-order valence-electron chi connectivity index (χ3n) is 4.60. The van der Waals surface area contributed by atoms with Crippen molar-refractivity contribution in [2.45, 2.75) is 52.2 Å². The molecule has 1 aliphatic heterocycles. The van der Waals surface area contributed by atoms with Gasteiger partial charge in [-0.3, -0.25) is 4.99 Å². The summed E-state index contributed by atoms with van der Waals surface area (Å²) in [5, 5.41) is 7.62. The molecule has 0 bridgehead atoms. The zero-order chi connectivity index (χ0) is 18.2. The summed E-state index contributed by atoms with van der Waals surface area (Å²) < 4.78 is 5.68. The minimum atomic E-state index is 0. The summed E-state index contributed by atoms with van der Waals surface area (Å²) in [4.78, 5) is 6.88. The van der Waals surface area contributed by atoms with Crippen LogP contribution in [0.3, 0.4) is 0 Å². The maximum absolute atomic E-state index is 6.06. The summed E-state index contributed by atoms with van der Waals surface area (Å²) in [5.41, 5.74) is 1.07. The van der Waals surface area contributed by atoms with E-state index < -0.39 is 0 Å². The van der Waals surface area contributed by atoms with Crippen molar-refractivity contribution in [3.63, 3.8) is 0 Å². The average molecular weight is 495 g/mol. The number of halogens is 2. The molecule has 2 rings (SSSR count). The molecular formula is C19H32ClIN4O. The van der Waals surface area contributed by atoms with Gasteiger partial charge in [0.1, 0.15) is 5.75 Å². The van der Waals surface area contributed by atoms with Gasteiger partial charge in [-0.2, -0.15) is 0 Å². The fourth-order valence-corrected chi connectivity index (χ4v) is 3.25. The molecule has 148 valence electrons. The van der Waals surface area contributed by atoms with Crippen LogP contribution in [0.5, 0.6) is 5.75 Å². The van der Waals surface area contributed by atoms with E-state index in [0.717, 1.165) is 43.2 Å². The fraction of sp³-hybridized carbons (Fsp3) is 0.632. The second kappa shape index (κ2) is 11.9. The zero-order valence-electron chi connectivity index (χ0n) is 16.2. The van der Waals surface area contributed by atoms with Crippen LogP contribution in [0.1, 0.15) is 39.2 Å². The van der Waals surface area contributed by atoms with Crippen LogP contribution in [-0.4, -0.2) is 49.7 Å². The van der Waals surface area contributed by atoms with Gasteiger partial charge in [0.25, 0.3) is 0 Å². The number of piperidine rings is 1. The highest BCUT2D eigenvalue weighted by Crippen LogP contribution is 2.23. The number of nitrogens with one attached hydrogen (secondary N) is 2. The van der Waals surface area contributed by atoms with E-state index in [1.807, 2.05) is 32.2 Å². The van der Waals surface area contributed by atoms with Crippen molar-refractivity contribution in [1.29, 1.82) is 0 Å². The van der Waals surface area contributed by atoms with E-state index in [4.69, 9.17) is 16.3 Å². The summed E-state index contributed by atoms with van der Waals surface area (Å²) in [7, 11) is 1.81. The van der Waals surface area contributed by atoms with Crippen LogP contribution < -0.4 is 15.4 Å². The number of nitrogens with zero attached hydrogens (tertiary/aromatic N) is 2. The van der Waals surface area contributed by atoms with Crippen LogP contribution >= 0.6 is 35.6 Å². The van der Waals surface area contributed by atoms with E-state index in [0.29, 0.717) is 30.3 Å². The highest BCUT2D eigenvalue weighted by molar-refractivity contribution is 14.0. The van der Waals surface area contributed by atoms with Gasteiger partial charge in [0.05, 0.1) is 6.61 Å². The predicted octanol–water partition coefficient (Wildman–Crippen LogP) is 3.89. The van der Waals surface area contributed by atoms with Crippen molar-refractivity contribution >= 4 is 41.5 Å². The maximum atomic E-state index is 6.06. The molecule has 26 heavy (non-hydrogen) atoms. The molecule has 7 heteroatoms. The number of ether oxygens (including phenoxy) is 1. The van der Waals surface area contributed by atoms with Crippen LogP contribution in [0.25, 0.3) is 0 Å². The first-order valence-corrected chi connectivity index (χ1v) is 9.53. The minimum Gasteiger partial charge on any atom is -0.493 e. The monoisotopic (exact) mass is 494 g/mol. The fourth-order valence-electron chi connectivity index (χ4n) is 3.09. The van der Waals surface area contributed by atoms with Gasteiger partial charge in [0, 0.05) is 49.4 Å². The smallest absolute Gasteiger partial charge is 0.191 e. The SMILES string of the molecule is CCOc1cc(Cl)ccc1CNC(=NC)NC1CCN(C(C)C)CC1.I. The Labute approximate surface area is 179 Å². The lowest BCUT2D eigenvalue weighted by Crippen LogP contribution is -2.49. The van der Waals surface area contributed by atoms with E-state index in [1.54, 1.807) is 0 Å². The standard InChI is InChI=1S/C19H31ClN4O.HI/c1-5-25-18-12-16(20)7-6-15(18)13-22-19(21-4)23-17-8-10-24(11-9-17)14(2)3;/h6-7,12,14,17H,5,8-11,13H2,1-4H3,(H2,21,22,23);1H. The quantitative estimate of drug-likeness (QED) is 0.358. The molecule has 2 N–H and O–H groups in total. The van der Waals surface area contributed by atoms with Crippen LogP contribution in [0.2, 0.25) is 5.02 Å². The van der Waals surface area contributed by atoms with Gasteiger partial charge < -0.3 is 20.3 Å². The highest BCUT2D eigenvalue weighted by atomic mass is 127. The van der Waals surface area contributed by atoms with Gasteiger partial charge in [-0.15, -0.1) is 24.0 Å². The van der Waals surface area contributed by atoms with Gasteiger partial charge >= 0.3 is 0 Å². The molecule has 1 fully saturated rings. The molecule has 1 heterocycles. The predicted molar refractivity (Wildman–Crippen MR) is 121 cm³/mol. The number of aliphatic imine (C=N–C) groups is 1. The number of hydrogen-bond donors (Lipinski definition) is 2. The summed E-state index contributed by atoms with van der Waals surface area (Å²) >= 11 is 6.06. The second-order valence-corrected chi connectivity index (χ2v) is 7.10. The van der Waals surface area contributed by atoms with Crippen LogP contribution in [-0.2, 0) is 6.54 Å². The van der Waals surface area contributed by atoms with E-state index in [1.165, 1.54) is 0 Å². The van der Waals surface area contributed by atoms with Gasteiger partial charge in [-0.1, -0.05) is 17.7 Å². The van der Waals surface area contributed by atoms with Gasteiger partial charge in [0.15, 0.2) is 5.96 Å². The molecule has 5 nitrogen and oxygen atoms in total. The zero-order valence-corrected chi connectivity index (χ0v) is 19.3. The Morgan fingerprint density at radius 3 is 2.62 bits per heavy atom. The lowest BCUT2D eigenvalue weighted by Gasteiger charge is -2.35. The first-order valence-electron chi connectivity index (χ1n) is 9.16. The second-order valence-electron chi connectivity index (χ2n) is 6.66. The van der Waals surface area contributed by atoms with Crippen molar-refractivity contribution in [2.75, 3.05) is 26.7 Å². The van der Waals surface area contributed by atoms with Gasteiger partial charge in [-0.25, -0.2) is 0 Å². The Hall–Kier alpha value is -0.730. The average Bonchev–Trinajstić information content (AvgIpc) is 2.60. The Balaban J connectivity index is 0.00000338. The first-order chi connectivity index (χ1) is 12.0. The molecule has 1 saturated heterocycles. The molecule has 1 aliphatic rings. The van der Waals surface area contributed by atoms with E-state index in [9.17, 15) is 0 Å². The Morgan fingerprint density at radius 2 is 2.04 bits per heavy atom. The number of rotatable bonds is 6. The summed E-state index contributed by atoms with van der Waals surface area (Å²) in [6.07, 6.45) is 2.29. The molecule has 0 saturated carbocycles. The Morgan fingerprint density at radius 1 is 1.35 bits per heavy atom. The summed E-state index contributed by atoms with van der Waals surface area (Å²) in [6.45, 7) is 10.0. The third kappa shape index (κ3) is 7.12. The number of benzene rings is 1. The van der Waals surface area contributed by atoms with Gasteiger partial charge in [0.2, 0.25) is 0 Å². The van der Waals surface area contributed by atoms with Crippen molar-refractivity contribution in [2.24, 2.45) is 4.99 Å². The summed E-state index contributed by atoms with van der Waals surface area (Å²) in [5.74, 6) is 1.66. The molecule has 0 unspecified atom stereocenters. The topological polar surface area (TPSA) is 48.9 Å². The maximum Gasteiger partial charge on any atom is 0.191 e. The number of guanidine groups is 1. The van der Waals surface area contributed by atoms with Crippen molar-refractivity contribution < 1.29 is 4.74 Å². The molecule has 0 radical (unpaired) electrons. The summed E-state index contributed by atoms with van der Waals surface area (Å²) in [6, 6.07) is 6.84. The molecular weight excluding hydrogens is 463 g/mol. The van der Waals surface area contributed by atoms with Crippen LogP contribution in [0.15, 0.2) is 23.2 Å². The van der Waals surface area contributed by atoms with Gasteiger partial charge in [-0.05, 0) is 45.7 Å². The van der Waals surface area contributed by atoms with E-state index in [-0.39, 0.29) is 24.0 Å². The van der Waals surface area contributed by atoms with Crippen LogP contribution in [0.4, 0.5) is 0 Å². The third-order valence-corrected chi connectivity index (χ3v) is 4.83. The highest BCUT2D eigenvalue weighted by Gasteiger charge is 2.21. The van der Waals surface area contributed by atoms with Crippen molar-refractivity contribution in [3.8, 4) is 5.75 Å². The number of likely N-dealkylation sites (tertiary alicyclic amines) is 1.